The van der Waals surface area contributed by atoms with Crippen LogP contribution in [0.2, 0.25) is 10.0 Å². The molecule has 0 fully saturated rings. The number of aromatic nitrogens is 1. The van der Waals surface area contributed by atoms with Gasteiger partial charge in [-0.15, -0.1) is 0 Å². The number of pyridine rings is 1. The van der Waals surface area contributed by atoms with E-state index in [0.717, 1.165) is 28.0 Å². The number of amides is 1. The molecular weight excluding hydrogens is 401 g/mol. The molecular formula is C20H19Cl2N3O3. The summed E-state index contributed by atoms with van der Waals surface area (Å²) in [5.74, 6) is 0.231. The summed E-state index contributed by atoms with van der Waals surface area (Å²) in [7, 11) is 0. The number of hydrogen-bond donors (Lipinski definition) is 3. The van der Waals surface area contributed by atoms with Crippen molar-refractivity contribution in [1.29, 1.82) is 0 Å². The van der Waals surface area contributed by atoms with E-state index in [1.807, 2.05) is 37.3 Å². The van der Waals surface area contributed by atoms with Gasteiger partial charge in [-0.25, -0.2) is 5.48 Å². The van der Waals surface area contributed by atoms with E-state index >= 15 is 0 Å². The zero-order valence-corrected chi connectivity index (χ0v) is 16.6. The summed E-state index contributed by atoms with van der Waals surface area (Å²) < 4.78 is 5.72. The molecule has 0 spiro atoms. The molecule has 1 heterocycles. The van der Waals surface area contributed by atoms with E-state index in [0.29, 0.717) is 28.8 Å². The quantitative estimate of drug-likeness (QED) is 0.276. The number of carbonyl (C=O) groups is 1. The number of halogens is 2. The van der Waals surface area contributed by atoms with Crippen molar-refractivity contribution in [1.82, 2.24) is 10.5 Å². The predicted molar refractivity (Wildman–Crippen MR) is 111 cm³/mol. The van der Waals surface area contributed by atoms with Gasteiger partial charge in [0.2, 0.25) is 5.91 Å². The normalized spacial score (nSPS) is 10.7. The number of carbonyl (C=O) groups excluding carboxylic acids is 1. The molecule has 0 unspecified atom stereocenters. The van der Waals surface area contributed by atoms with Crippen LogP contribution in [0.5, 0.6) is 5.75 Å². The Labute approximate surface area is 172 Å². The largest absolute Gasteiger partial charge is 0.494 e. The zero-order chi connectivity index (χ0) is 20.1. The Hall–Kier alpha value is -2.54. The maximum Gasteiger partial charge on any atom is 0.243 e. The Bertz CT molecular complexity index is 1010. The van der Waals surface area contributed by atoms with E-state index in [9.17, 15) is 4.79 Å². The van der Waals surface area contributed by atoms with E-state index < -0.39 is 5.91 Å². The zero-order valence-electron chi connectivity index (χ0n) is 15.1. The van der Waals surface area contributed by atoms with Gasteiger partial charge in [-0.3, -0.25) is 15.0 Å². The SMILES string of the molecule is Cc1cc(Nc2ccc(Cl)c(Cl)c2)c2cc(OCCCC(=O)NO)ccc2n1. The number of ether oxygens (including phenoxy) is 1. The van der Waals surface area contributed by atoms with E-state index in [1.54, 1.807) is 17.6 Å². The number of nitrogens with one attached hydrogen (secondary N) is 2. The molecule has 0 aliphatic carbocycles. The first kappa shape index (κ1) is 20.2. The first-order chi connectivity index (χ1) is 13.5. The summed E-state index contributed by atoms with van der Waals surface area (Å²) in [4.78, 5) is 15.6. The van der Waals surface area contributed by atoms with Gasteiger partial charge in [0.1, 0.15) is 5.75 Å². The lowest BCUT2D eigenvalue weighted by molar-refractivity contribution is -0.129. The number of anilines is 2. The second-order valence-electron chi connectivity index (χ2n) is 6.23. The van der Waals surface area contributed by atoms with Crippen LogP contribution in [0.1, 0.15) is 18.5 Å². The molecule has 8 heteroatoms. The molecule has 1 aromatic heterocycles. The molecule has 3 N–H and O–H groups in total. The monoisotopic (exact) mass is 419 g/mol. The molecule has 0 atom stereocenters. The standard InChI is InChI=1S/C20H19Cl2N3O3/c1-12-9-19(24-13-4-6-16(21)17(22)10-13)15-11-14(5-7-18(15)23-12)28-8-2-3-20(26)25-27/h4-7,9-11,27H,2-3,8H2,1H3,(H,23,24)(H,25,26). The van der Waals surface area contributed by atoms with Crippen LogP contribution in [0.15, 0.2) is 42.5 Å². The van der Waals surface area contributed by atoms with Gasteiger partial charge in [-0.2, -0.15) is 0 Å². The Morgan fingerprint density at radius 1 is 1.14 bits per heavy atom. The molecule has 3 rings (SSSR count). The minimum atomic E-state index is -0.435. The minimum absolute atomic E-state index is 0.189. The van der Waals surface area contributed by atoms with Gasteiger partial charge in [0, 0.05) is 28.9 Å². The third kappa shape index (κ3) is 5.04. The summed E-state index contributed by atoms with van der Waals surface area (Å²) in [5, 5.41) is 13.7. The number of rotatable bonds is 7. The number of nitrogens with zero attached hydrogens (tertiary/aromatic N) is 1. The van der Waals surface area contributed by atoms with Crippen molar-refractivity contribution in [3.8, 4) is 5.75 Å². The van der Waals surface area contributed by atoms with Crippen LogP contribution >= 0.6 is 23.2 Å². The highest BCUT2D eigenvalue weighted by Crippen LogP contribution is 2.32. The minimum Gasteiger partial charge on any atom is -0.494 e. The molecule has 146 valence electrons. The molecule has 0 aliphatic rings. The smallest absolute Gasteiger partial charge is 0.243 e. The van der Waals surface area contributed by atoms with Gasteiger partial charge < -0.3 is 10.1 Å². The van der Waals surface area contributed by atoms with Crippen LogP contribution in [0.3, 0.4) is 0 Å². The van der Waals surface area contributed by atoms with Crippen LogP contribution < -0.4 is 15.5 Å². The lowest BCUT2D eigenvalue weighted by Gasteiger charge is -2.13. The maximum absolute atomic E-state index is 11.0. The van der Waals surface area contributed by atoms with Gasteiger partial charge in [-0.05, 0) is 55.8 Å². The van der Waals surface area contributed by atoms with Crippen molar-refractivity contribution in [3.63, 3.8) is 0 Å². The van der Waals surface area contributed by atoms with Crippen LogP contribution in [-0.4, -0.2) is 22.7 Å². The van der Waals surface area contributed by atoms with Crippen molar-refractivity contribution in [2.75, 3.05) is 11.9 Å². The van der Waals surface area contributed by atoms with Gasteiger partial charge in [0.15, 0.2) is 0 Å². The second kappa shape index (κ2) is 9.10. The van der Waals surface area contributed by atoms with Crippen LogP contribution in [0.4, 0.5) is 11.4 Å². The highest BCUT2D eigenvalue weighted by atomic mass is 35.5. The molecule has 2 aromatic carbocycles. The highest BCUT2D eigenvalue weighted by molar-refractivity contribution is 6.42. The number of fused-ring (bicyclic) bond motifs is 1. The second-order valence-corrected chi connectivity index (χ2v) is 7.05. The van der Waals surface area contributed by atoms with Gasteiger partial charge >= 0.3 is 0 Å². The van der Waals surface area contributed by atoms with Crippen molar-refractivity contribution in [2.45, 2.75) is 19.8 Å². The number of hydrogen-bond acceptors (Lipinski definition) is 5. The van der Waals surface area contributed by atoms with Gasteiger partial charge in [0.05, 0.1) is 22.2 Å². The molecule has 0 aliphatic heterocycles. The molecule has 6 nitrogen and oxygen atoms in total. The van der Waals surface area contributed by atoms with Crippen molar-refractivity contribution < 1.29 is 14.7 Å². The number of benzene rings is 2. The average molecular weight is 420 g/mol. The van der Waals surface area contributed by atoms with Crippen LogP contribution in [-0.2, 0) is 4.79 Å². The lowest BCUT2D eigenvalue weighted by Crippen LogP contribution is -2.18. The van der Waals surface area contributed by atoms with Gasteiger partial charge in [-0.1, -0.05) is 23.2 Å². The van der Waals surface area contributed by atoms with E-state index in [1.165, 1.54) is 0 Å². The lowest BCUT2D eigenvalue weighted by atomic mass is 10.1. The molecule has 28 heavy (non-hydrogen) atoms. The fourth-order valence-electron chi connectivity index (χ4n) is 2.74. The third-order valence-electron chi connectivity index (χ3n) is 4.05. The molecule has 0 bridgehead atoms. The molecule has 0 radical (unpaired) electrons. The Morgan fingerprint density at radius 2 is 1.96 bits per heavy atom. The summed E-state index contributed by atoms with van der Waals surface area (Å²) in [6, 6.07) is 12.9. The fraction of sp³-hybridized carbons (Fsp3) is 0.200. The predicted octanol–water partition coefficient (Wildman–Crippen LogP) is 5.26. The van der Waals surface area contributed by atoms with Crippen molar-refractivity contribution in [3.05, 3.63) is 58.2 Å². The topological polar surface area (TPSA) is 83.5 Å². The van der Waals surface area contributed by atoms with Crippen LogP contribution in [0, 0.1) is 6.92 Å². The average Bonchev–Trinajstić information content (AvgIpc) is 2.68. The Balaban J connectivity index is 1.82. The molecule has 0 saturated heterocycles. The molecule has 3 aromatic rings. The molecule has 0 saturated carbocycles. The maximum atomic E-state index is 11.0. The number of hydroxylamine groups is 1. The van der Waals surface area contributed by atoms with Crippen molar-refractivity contribution >= 4 is 51.4 Å². The van der Waals surface area contributed by atoms with Crippen LogP contribution in [0.25, 0.3) is 10.9 Å². The summed E-state index contributed by atoms with van der Waals surface area (Å²) in [5.41, 5.74) is 4.98. The molecule has 1 amide bonds. The number of aryl methyl sites for hydroxylation is 1. The third-order valence-corrected chi connectivity index (χ3v) is 4.79. The van der Waals surface area contributed by atoms with E-state index in [2.05, 4.69) is 10.3 Å². The van der Waals surface area contributed by atoms with E-state index in [-0.39, 0.29) is 6.42 Å². The summed E-state index contributed by atoms with van der Waals surface area (Å²) >= 11 is 12.1. The summed E-state index contributed by atoms with van der Waals surface area (Å²) in [6.07, 6.45) is 0.680. The Kier molecular flexibility index (Phi) is 6.57. The van der Waals surface area contributed by atoms with E-state index in [4.69, 9.17) is 33.1 Å². The van der Waals surface area contributed by atoms with Crippen molar-refractivity contribution in [2.24, 2.45) is 0 Å². The first-order valence-electron chi connectivity index (χ1n) is 8.65. The summed E-state index contributed by atoms with van der Waals surface area (Å²) in [6.45, 7) is 2.28. The fourth-order valence-corrected chi connectivity index (χ4v) is 3.04. The van der Waals surface area contributed by atoms with Gasteiger partial charge in [0.25, 0.3) is 0 Å². The first-order valence-corrected chi connectivity index (χ1v) is 9.41. The highest BCUT2D eigenvalue weighted by Gasteiger charge is 2.08. The Morgan fingerprint density at radius 3 is 2.71 bits per heavy atom.